The highest BCUT2D eigenvalue weighted by Crippen LogP contribution is 2.23. The van der Waals surface area contributed by atoms with Crippen LogP contribution in [0.25, 0.3) is 0 Å². The van der Waals surface area contributed by atoms with Gasteiger partial charge in [0.25, 0.3) is 0 Å². The molecule has 0 aliphatic rings. The number of benzene rings is 1. The van der Waals surface area contributed by atoms with Gasteiger partial charge in [0.15, 0.2) is 0 Å². The van der Waals surface area contributed by atoms with Crippen molar-refractivity contribution in [2.24, 2.45) is 0 Å². The summed E-state index contributed by atoms with van der Waals surface area (Å²) in [5.74, 6) is -0.651. The highest BCUT2D eigenvalue weighted by molar-refractivity contribution is 9.10. The predicted octanol–water partition coefficient (Wildman–Crippen LogP) is 3.04. The van der Waals surface area contributed by atoms with Crippen molar-refractivity contribution in [2.45, 2.75) is 20.4 Å². The molecular weight excluding hydrogens is 313 g/mol. The van der Waals surface area contributed by atoms with Gasteiger partial charge >= 0.3 is 0 Å². The minimum atomic E-state index is -0.399. The van der Waals surface area contributed by atoms with E-state index in [1.165, 1.54) is 12.1 Å². The van der Waals surface area contributed by atoms with E-state index in [0.717, 1.165) is 11.4 Å². The Bertz CT molecular complexity index is 624. The third-order valence-corrected chi connectivity index (χ3v) is 3.29. The molecule has 1 heterocycles. The third-order valence-electron chi connectivity index (χ3n) is 2.60. The molecule has 19 heavy (non-hydrogen) atoms. The van der Waals surface area contributed by atoms with Crippen LogP contribution in [-0.4, -0.2) is 15.7 Å². The fraction of sp³-hybridized carbons (Fsp3) is 0.231. The number of hydrogen-bond donors (Lipinski definition) is 1. The van der Waals surface area contributed by atoms with E-state index >= 15 is 0 Å². The number of nitrogens with zero attached hydrogens (tertiary/aromatic N) is 2. The summed E-state index contributed by atoms with van der Waals surface area (Å²) in [6, 6.07) is 6.03. The quantitative estimate of drug-likeness (QED) is 0.942. The summed E-state index contributed by atoms with van der Waals surface area (Å²) < 4.78 is 15.3. The topological polar surface area (TPSA) is 46.9 Å². The van der Waals surface area contributed by atoms with Crippen LogP contribution in [0.2, 0.25) is 0 Å². The Morgan fingerprint density at radius 2 is 2.16 bits per heavy atom. The maximum atomic E-state index is 13.1. The molecule has 0 saturated carbocycles. The fourth-order valence-corrected chi connectivity index (χ4v) is 2.10. The molecule has 4 nitrogen and oxygen atoms in total. The Labute approximate surface area is 118 Å². The van der Waals surface area contributed by atoms with Crippen molar-refractivity contribution in [3.05, 3.63) is 45.9 Å². The number of anilines is 1. The molecule has 2 rings (SSSR count). The SMILES string of the molecule is Cc1cc(C)n(CC(=O)Nc2cc(F)ccc2Br)n1. The Morgan fingerprint density at radius 1 is 1.42 bits per heavy atom. The molecule has 0 radical (unpaired) electrons. The van der Waals surface area contributed by atoms with Crippen LogP contribution >= 0.6 is 15.9 Å². The van der Waals surface area contributed by atoms with Gasteiger partial charge in [-0.2, -0.15) is 5.10 Å². The van der Waals surface area contributed by atoms with Crippen LogP contribution in [0.1, 0.15) is 11.4 Å². The first-order valence-electron chi connectivity index (χ1n) is 5.71. The maximum absolute atomic E-state index is 13.1. The highest BCUT2D eigenvalue weighted by atomic mass is 79.9. The number of aromatic nitrogens is 2. The van der Waals surface area contributed by atoms with Crippen LogP contribution in [0, 0.1) is 19.7 Å². The Hall–Kier alpha value is -1.69. The molecule has 0 aliphatic carbocycles. The highest BCUT2D eigenvalue weighted by Gasteiger charge is 2.09. The Kier molecular flexibility index (Phi) is 3.99. The van der Waals surface area contributed by atoms with Gasteiger partial charge in [0, 0.05) is 10.2 Å². The van der Waals surface area contributed by atoms with E-state index in [4.69, 9.17) is 0 Å². The van der Waals surface area contributed by atoms with Crippen LogP contribution in [-0.2, 0) is 11.3 Å². The van der Waals surface area contributed by atoms with Gasteiger partial charge in [0.1, 0.15) is 12.4 Å². The predicted molar refractivity (Wildman–Crippen MR) is 74.4 cm³/mol. The number of aryl methyl sites for hydroxylation is 2. The van der Waals surface area contributed by atoms with Gasteiger partial charge in [0.05, 0.1) is 11.4 Å². The zero-order valence-electron chi connectivity index (χ0n) is 10.6. The van der Waals surface area contributed by atoms with Crippen molar-refractivity contribution < 1.29 is 9.18 Å². The molecule has 0 spiro atoms. The van der Waals surface area contributed by atoms with Crippen LogP contribution in [0.5, 0.6) is 0 Å². The summed E-state index contributed by atoms with van der Waals surface area (Å²) in [5.41, 5.74) is 2.18. The third kappa shape index (κ3) is 3.41. The first kappa shape index (κ1) is 13.7. The van der Waals surface area contributed by atoms with E-state index in [-0.39, 0.29) is 12.5 Å². The van der Waals surface area contributed by atoms with Crippen LogP contribution in [0.4, 0.5) is 10.1 Å². The summed E-state index contributed by atoms with van der Waals surface area (Å²) in [7, 11) is 0. The van der Waals surface area contributed by atoms with E-state index < -0.39 is 5.82 Å². The maximum Gasteiger partial charge on any atom is 0.246 e. The first-order valence-corrected chi connectivity index (χ1v) is 6.51. The van der Waals surface area contributed by atoms with Crippen LogP contribution < -0.4 is 5.32 Å². The van der Waals surface area contributed by atoms with E-state index in [1.54, 1.807) is 10.7 Å². The summed E-state index contributed by atoms with van der Waals surface area (Å²) in [6.45, 7) is 3.85. The minimum absolute atomic E-state index is 0.0998. The standard InChI is InChI=1S/C13H13BrFN3O/c1-8-5-9(2)18(17-8)7-13(19)16-12-6-10(15)3-4-11(12)14/h3-6H,7H2,1-2H3,(H,16,19). The van der Waals surface area contributed by atoms with Gasteiger partial charge in [0.2, 0.25) is 5.91 Å². The zero-order valence-corrected chi connectivity index (χ0v) is 12.2. The number of halogens is 2. The minimum Gasteiger partial charge on any atom is -0.323 e. The number of nitrogens with one attached hydrogen (secondary N) is 1. The lowest BCUT2D eigenvalue weighted by Crippen LogP contribution is -2.20. The molecule has 0 aliphatic heterocycles. The van der Waals surface area contributed by atoms with Gasteiger partial charge in [-0.1, -0.05) is 0 Å². The Balaban J connectivity index is 2.09. The molecule has 0 atom stereocenters. The average molecular weight is 326 g/mol. The molecule has 1 N–H and O–H groups in total. The van der Waals surface area contributed by atoms with Crippen molar-refractivity contribution in [3.63, 3.8) is 0 Å². The van der Waals surface area contributed by atoms with Gasteiger partial charge in [-0.25, -0.2) is 4.39 Å². The molecule has 1 aromatic heterocycles. The molecule has 1 amide bonds. The van der Waals surface area contributed by atoms with Gasteiger partial charge < -0.3 is 5.32 Å². The van der Waals surface area contributed by atoms with Gasteiger partial charge in [-0.05, 0) is 54.0 Å². The molecule has 6 heteroatoms. The van der Waals surface area contributed by atoms with Crippen molar-refractivity contribution >= 4 is 27.5 Å². The average Bonchev–Trinajstić information content (AvgIpc) is 2.62. The van der Waals surface area contributed by atoms with Gasteiger partial charge in [-0.3, -0.25) is 9.48 Å². The lowest BCUT2D eigenvalue weighted by Gasteiger charge is -2.08. The van der Waals surface area contributed by atoms with Crippen molar-refractivity contribution in [3.8, 4) is 0 Å². The zero-order chi connectivity index (χ0) is 14.0. The van der Waals surface area contributed by atoms with E-state index in [0.29, 0.717) is 10.2 Å². The summed E-state index contributed by atoms with van der Waals surface area (Å²) in [5, 5.41) is 6.85. The largest absolute Gasteiger partial charge is 0.323 e. The van der Waals surface area contributed by atoms with E-state index in [1.807, 2.05) is 19.9 Å². The molecule has 2 aromatic rings. The number of rotatable bonds is 3. The second kappa shape index (κ2) is 5.52. The number of carbonyl (C=O) groups is 1. The molecular formula is C13H13BrFN3O. The van der Waals surface area contributed by atoms with E-state index in [9.17, 15) is 9.18 Å². The summed E-state index contributed by atoms with van der Waals surface area (Å²) in [6.07, 6.45) is 0. The van der Waals surface area contributed by atoms with Crippen molar-refractivity contribution in [2.75, 3.05) is 5.32 Å². The molecule has 0 unspecified atom stereocenters. The van der Waals surface area contributed by atoms with Crippen LogP contribution in [0.3, 0.4) is 0 Å². The Morgan fingerprint density at radius 3 is 2.79 bits per heavy atom. The van der Waals surface area contributed by atoms with Gasteiger partial charge in [-0.15, -0.1) is 0 Å². The number of amides is 1. The smallest absolute Gasteiger partial charge is 0.246 e. The fourth-order valence-electron chi connectivity index (χ4n) is 1.75. The monoisotopic (exact) mass is 325 g/mol. The number of hydrogen-bond acceptors (Lipinski definition) is 2. The normalized spacial score (nSPS) is 10.5. The lowest BCUT2D eigenvalue weighted by atomic mass is 10.3. The first-order chi connectivity index (χ1) is 8.95. The molecule has 0 saturated heterocycles. The van der Waals surface area contributed by atoms with Crippen molar-refractivity contribution in [1.29, 1.82) is 0 Å². The summed E-state index contributed by atoms with van der Waals surface area (Å²) >= 11 is 3.26. The number of carbonyl (C=O) groups excluding carboxylic acids is 1. The second-order valence-electron chi connectivity index (χ2n) is 4.26. The van der Waals surface area contributed by atoms with E-state index in [2.05, 4.69) is 26.3 Å². The molecule has 1 aromatic carbocycles. The second-order valence-corrected chi connectivity index (χ2v) is 5.11. The summed E-state index contributed by atoms with van der Waals surface area (Å²) in [4.78, 5) is 11.9. The van der Waals surface area contributed by atoms with Crippen molar-refractivity contribution in [1.82, 2.24) is 9.78 Å². The molecule has 0 fully saturated rings. The van der Waals surface area contributed by atoms with Crippen LogP contribution in [0.15, 0.2) is 28.7 Å². The molecule has 100 valence electrons. The lowest BCUT2D eigenvalue weighted by molar-refractivity contribution is -0.116. The molecule has 0 bridgehead atoms.